The van der Waals surface area contributed by atoms with Crippen molar-refractivity contribution in [3.05, 3.63) is 0 Å². The first-order valence-corrected chi connectivity index (χ1v) is 14.3. The number of fused-ring (bicyclic) bond motifs is 4. The average Bonchev–Trinajstić information content (AvgIpc) is 2.93. The second-order valence-corrected chi connectivity index (χ2v) is 15.9. The summed E-state index contributed by atoms with van der Waals surface area (Å²) in [5, 5.41) is 34.6. The van der Waals surface area contributed by atoms with Gasteiger partial charge in [-0.2, -0.15) is 0 Å². The highest BCUT2D eigenvalue weighted by Gasteiger charge is 2.82. The van der Waals surface area contributed by atoms with Crippen LogP contribution < -0.4 is 0 Å². The zero-order chi connectivity index (χ0) is 24.7. The largest absolute Gasteiger partial charge is 0.393 e. The van der Waals surface area contributed by atoms with Crippen molar-refractivity contribution in [1.29, 1.82) is 0 Å². The summed E-state index contributed by atoms with van der Waals surface area (Å²) in [5.74, 6) is 1.10. The van der Waals surface area contributed by atoms with Crippen LogP contribution in [-0.2, 0) is 4.74 Å². The summed E-state index contributed by atoms with van der Waals surface area (Å²) in [5.41, 5.74) is -0.720. The minimum atomic E-state index is -0.749. The average molecular weight is 475 g/mol. The minimum absolute atomic E-state index is 0.0493. The third-order valence-electron chi connectivity index (χ3n) is 14.2. The molecule has 6 rings (SSSR count). The molecule has 2 unspecified atom stereocenters. The maximum Gasteiger partial charge on any atom is 0.161 e. The van der Waals surface area contributed by atoms with Crippen LogP contribution in [0.5, 0.6) is 0 Å². The van der Waals surface area contributed by atoms with Crippen molar-refractivity contribution in [2.24, 2.45) is 50.2 Å². The molecule has 0 aromatic carbocycles. The van der Waals surface area contributed by atoms with Crippen LogP contribution in [0.1, 0.15) is 113 Å². The van der Waals surface area contributed by atoms with Crippen molar-refractivity contribution in [1.82, 2.24) is 0 Å². The zero-order valence-corrected chi connectivity index (χ0v) is 22.8. The van der Waals surface area contributed by atoms with E-state index in [4.69, 9.17) is 4.74 Å². The quantitative estimate of drug-likeness (QED) is 0.423. The Morgan fingerprint density at radius 3 is 2.06 bits per heavy atom. The SMILES string of the molecule is CC1(C)CC[C@@]23CC[C@]4(C)[C@@](OC2O)(C3C1)[C@@H](O)C[C@@H]1[C@@]2(C)CC[C@H](O)C(C)(C)[C@@H]2CC[C@]14C. The van der Waals surface area contributed by atoms with E-state index < -0.39 is 18.0 Å². The molecule has 4 heteroatoms. The fourth-order valence-corrected chi connectivity index (χ4v) is 12.0. The molecule has 1 spiro atoms. The molecule has 2 bridgehead atoms. The standard InChI is InChI=1S/C30H50O4/c1-24(2)12-14-29-15-13-28(7)27(6)11-8-18-25(3,4)21(31)9-10-26(18,5)19(27)16-22(32)30(28,20(29)17-24)34-23(29)33/h18-23,31-33H,8-17H2,1-7H3/t18-,19+,20?,21-,22-,23?,26-,27+,28-,29-,30+/m0/s1. The smallest absolute Gasteiger partial charge is 0.161 e. The van der Waals surface area contributed by atoms with Crippen LogP contribution in [0.25, 0.3) is 0 Å². The van der Waals surface area contributed by atoms with E-state index in [1.807, 2.05) is 0 Å². The van der Waals surface area contributed by atoms with Crippen LogP contribution in [-0.4, -0.2) is 39.4 Å². The Hall–Kier alpha value is -0.160. The van der Waals surface area contributed by atoms with Gasteiger partial charge in [-0.15, -0.1) is 0 Å². The second-order valence-electron chi connectivity index (χ2n) is 15.9. The minimum Gasteiger partial charge on any atom is -0.393 e. The van der Waals surface area contributed by atoms with Crippen LogP contribution in [0.15, 0.2) is 0 Å². The van der Waals surface area contributed by atoms with Gasteiger partial charge in [0, 0.05) is 16.7 Å². The van der Waals surface area contributed by atoms with E-state index in [1.54, 1.807) is 0 Å². The summed E-state index contributed by atoms with van der Waals surface area (Å²) in [4.78, 5) is 0. The zero-order valence-electron chi connectivity index (χ0n) is 22.8. The van der Waals surface area contributed by atoms with E-state index in [0.29, 0.717) is 11.8 Å². The van der Waals surface area contributed by atoms with Crippen molar-refractivity contribution >= 4 is 0 Å². The molecule has 1 aliphatic heterocycles. The number of aliphatic hydroxyl groups is 3. The molecule has 6 aliphatic rings. The number of rotatable bonds is 0. The highest BCUT2D eigenvalue weighted by Crippen LogP contribution is 2.81. The van der Waals surface area contributed by atoms with Gasteiger partial charge in [0.05, 0.1) is 12.2 Å². The number of aliphatic hydroxyl groups excluding tert-OH is 3. The highest BCUT2D eigenvalue weighted by molar-refractivity contribution is 5.29. The van der Waals surface area contributed by atoms with Gasteiger partial charge in [0.15, 0.2) is 6.29 Å². The second kappa shape index (κ2) is 6.63. The first-order valence-electron chi connectivity index (χ1n) is 14.3. The van der Waals surface area contributed by atoms with Gasteiger partial charge >= 0.3 is 0 Å². The molecule has 11 atom stereocenters. The molecular weight excluding hydrogens is 424 g/mol. The van der Waals surface area contributed by atoms with Gasteiger partial charge in [-0.3, -0.25) is 0 Å². The fraction of sp³-hybridized carbons (Fsp3) is 1.00. The lowest BCUT2D eigenvalue weighted by molar-refractivity contribution is -0.328. The Labute approximate surface area is 207 Å². The van der Waals surface area contributed by atoms with Gasteiger partial charge in [-0.05, 0) is 97.7 Å². The maximum atomic E-state index is 12.2. The highest BCUT2D eigenvalue weighted by atomic mass is 16.6. The van der Waals surface area contributed by atoms with Crippen LogP contribution in [0.4, 0.5) is 0 Å². The number of hydrogen-bond donors (Lipinski definition) is 3. The fourth-order valence-electron chi connectivity index (χ4n) is 12.0. The van der Waals surface area contributed by atoms with Gasteiger partial charge in [0.1, 0.15) is 5.60 Å². The molecule has 34 heavy (non-hydrogen) atoms. The lowest BCUT2D eigenvalue weighted by Gasteiger charge is -2.75. The molecule has 5 aliphatic carbocycles. The molecule has 194 valence electrons. The molecule has 3 N–H and O–H groups in total. The number of hydrogen-bond acceptors (Lipinski definition) is 4. The summed E-state index contributed by atoms with van der Waals surface area (Å²) in [6.07, 6.45) is 8.65. The molecule has 1 heterocycles. The van der Waals surface area contributed by atoms with Crippen molar-refractivity contribution in [2.45, 2.75) is 137 Å². The van der Waals surface area contributed by atoms with Crippen LogP contribution in [0, 0.1) is 50.2 Å². The molecule has 4 nitrogen and oxygen atoms in total. The summed E-state index contributed by atoms with van der Waals surface area (Å²) in [6, 6.07) is 0. The van der Waals surface area contributed by atoms with Gasteiger partial charge in [-0.25, -0.2) is 0 Å². The van der Waals surface area contributed by atoms with Gasteiger partial charge in [0.2, 0.25) is 0 Å². The van der Waals surface area contributed by atoms with Gasteiger partial charge in [0.25, 0.3) is 0 Å². The Kier molecular flexibility index (Phi) is 4.72. The summed E-state index contributed by atoms with van der Waals surface area (Å²) in [7, 11) is 0. The van der Waals surface area contributed by atoms with E-state index in [1.165, 1.54) is 0 Å². The topological polar surface area (TPSA) is 69.9 Å². The molecule has 0 radical (unpaired) electrons. The summed E-state index contributed by atoms with van der Waals surface area (Å²) in [6.45, 7) is 16.8. The van der Waals surface area contributed by atoms with Crippen molar-refractivity contribution in [3.8, 4) is 0 Å². The summed E-state index contributed by atoms with van der Waals surface area (Å²) < 4.78 is 6.83. The van der Waals surface area contributed by atoms with E-state index in [0.717, 1.165) is 64.2 Å². The number of ether oxygens (including phenoxy) is 1. The first-order chi connectivity index (χ1) is 15.6. The third-order valence-corrected chi connectivity index (χ3v) is 14.2. The Morgan fingerprint density at radius 1 is 0.676 bits per heavy atom. The van der Waals surface area contributed by atoms with Crippen molar-refractivity contribution in [3.63, 3.8) is 0 Å². The predicted molar refractivity (Wildman–Crippen MR) is 133 cm³/mol. The molecule has 0 aromatic heterocycles. The van der Waals surface area contributed by atoms with E-state index in [-0.39, 0.29) is 44.5 Å². The van der Waals surface area contributed by atoms with Crippen LogP contribution >= 0.6 is 0 Å². The molecule has 5 saturated carbocycles. The van der Waals surface area contributed by atoms with Crippen LogP contribution in [0.2, 0.25) is 0 Å². The summed E-state index contributed by atoms with van der Waals surface area (Å²) >= 11 is 0. The van der Waals surface area contributed by atoms with Crippen LogP contribution in [0.3, 0.4) is 0 Å². The maximum absolute atomic E-state index is 12.2. The molecular formula is C30H50O4. The lowest BCUT2D eigenvalue weighted by Crippen LogP contribution is -2.76. The molecule has 1 saturated heterocycles. The Balaban J connectivity index is 1.48. The van der Waals surface area contributed by atoms with E-state index >= 15 is 0 Å². The Morgan fingerprint density at radius 2 is 1.35 bits per heavy atom. The normalized spacial score (nSPS) is 61.6. The molecule has 6 fully saturated rings. The third kappa shape index (κ3) is 2.42. The van der Waals surface area contributed by atoms with Crippen molar-refractivity contribution < 1.29 is 20.1 Å². The Bertz CT molecular complexity index is 883. The van der Waals surface area contributed by atoms with E-state index in [9.17, 15) is 15.3 Å². The lowest BCUT2D eigenvalue weighted by atomic mass is 9.30. The predicted octanol–water partition coefficient (Wildman–Crippen LogP) is 5.67. The van der Waals surface area contributed by atoms with Gasteiger partial charge < -0.3 is 20.1 Å². The first kappa shape index (κ1) is 24.2. The monoisotopic (exact) mass is 474 g/mol. The molecule has 0 aromatic rings. The van der Waals surface area contributed by atoms with Gasteiger partial charge in [-0.1, -0.05) is 48.5 Å². The van der Waals surface area contributed by atoms with Crippen molar-refractivity contribution in [2.75, 3.05) is 0 Å². The van der Waals surface area contributed by atoms with E-state index in [2.05, 4.69) is 48.5 Å². The molecule has 0 amide bonds.